The van der Waals surface area contributed by atoms with Gasteiger partial charge in [-0.05, 0) is 31.0 Å². The summed E-state index contributed by atoms with van der Waals surface area (Å²) >= 11 is 0. The van der Waals surface area contributed by atoms with Crippen molar-refractivity contribution in [3.8, 4) is 5.69 Å². The van der Waals surface area contributed by atoms with Gasteiger partial charge in [-0.1, -0.05) is 30.7 Å². The normalized spacial score (nSPS) is 10.8. The maximum Gasteiger partial charge on any atom is 0.0999 e. The van der Waals surface area contributed by atoms with Gasteiger partial charge in [-0.3, -0.25) is 0 Å². The van der Waals surface area contributed by atoms with Gasteiger partial charge in [-0.25, -0.2) is 4.68 Å². The summed E-state index contributed by atoms with van der Waals surface area (Å²) in [5.74, 6) is 0. The van der Waals surface area contributed by atoms with Gasteiger partial charge in [0.15, 0.2) is 0 Å². The Hall–Kier alpha value is -1.68. The summed E-state index contributed by atoms with van der Waals surface area (Å²) in [5, 5.41) is 8.35. The molecule has 0 amide bonds. The molecule has 17 heavy (non-hydrogen) atoms. The van der Waals surface area contributed by atoms with Crippen LogP contribution in [-0.2, 0) is 13.0 Å². The van der Waals surface area contributed by atoms with Gasteiger partial charge in [0.25, 0.3) is 0 Å². The van der Waals surface area contributed by atoms with Crippen LogP contribution in [0.3, 0.4) is 0 Å². The first kappa shape index (κ1) is 11.8. The Kier molecular flexibility index (Phi) is 3.54. The molecule has 4 nitrogen and oxygen atoms in total. The van der Waals surface area contributed by atoms with E-state index >= 15 is 0 Å². The summed E-state index contributed by atoms with van der Waals surface area (Å²) in [6, 6.07) is 8.25. The van der Waals surface area contributed by atoms with Gasteiger partial charge in [-0.15, -0.1) is 5.10 Å². The molecule has 0 atom stereocenters. The van der Waals surface area contributed by atoms with Gasteiger partial charge in [-0.2, -0.15) is 0 Å². The van der Waals surface area contributed by atoms with E-state index < -0.39 is 0 Å². The van der Waals surface area contributed by atoms with Crippen LogP contribution in [0.2, 0.25) is 0 Å². The van der Waals surface area contributed by atoms with Crippen molar-refractivity contribution in [3.63, 3.8) is 0 Å². The highest BCUT2D eigenvalue weighted by Crippen LogP contribution is 2.15. The molecule has 4 heteroatoms. The van der Waals surface area contributed by atoms with E-state index in [4.69, 9.17) is 5.73 Å². The van der Waals surface area contributed by atoms with E-state index in [1.807, 2.05) is 16.8 Å². The molecule has 1 aromatic carbocycles. The van der Waals surface area contributed by atoms with Crippen LogP contribution in [0, 0.1) is 6.92 Å². The second kappa shape index (κ2) is 5.10. The Bertz CT molecular complexity index is 502. The molecule has 0 aliphatic carbocycles. The standard InChI is InChI=1S/C13H18N4/c1-3-5-13-12(9-14)15-16-17(13)11-7-4-6-10(2)8-11/h4,6-8H,3,5,9,14H2,1-2H3. The Morgan fingerprint density at radius 3 is 2.82 bits per heavy atom. The first-order valence-corrected chi connectivity index (χ1v) is 5.96. The van der Waals surface area contributed by atoms with Crippen molar-refractivity contribution in [1.29, 1.82) is 0 Å². The average molecular weight is 230 g/mol. The van der Waals surface area contributed by atoms with E-state index in [-0.39, 0.29) is 0 Å². The fourth-order valence-corrected chi connectivity index (χ4v) is 1.95. The first-order valence-electron chi connectivity index (χ1n) is 5.96. The van der Waals surface area contributed by atoms with Crippen LogP contribution < -0.4 is 5.73 Å². The van der Waals surface area contributed by atoms with E-state index in [1.165, 1.54) is 5.56 Å². The lowest BCUT2D eigenvalue weighted by molar-refractivity contribution is 0.745. The van der Waals surface area contributed by atoms with Crippen LogP contribution in [0.1, 0.15) is 30.3 Å². The molecule has 0 fully saturated rings. The molecule has 1 heterocycles. The van der Waals surface area contributed by atoms with Crippen molar-refractivity contribution in [3.05, 3.63) is 41.2 Å². The quantitative estimate of drug-likeness (QED) is 0.873. The van der Waals surface area contributed by atoms with Crippen molar-refractivity contribution < 1.29 is 0 Å². The fourth-order valence-electron chi connectivity index (χ4n) is 1.95. The number of benzene rings is 1. The SMILES string of the molecule is CCCc1c(CN)nnn1-c1cccc(C)c1. The summed E-state index contributed by atoms with van der Waals surface area (Å²) in [6.45, 7) is 4.67. The number of aryl methyl sites for hydroxylation is 1. The third kappa shape index (κ3) is 2.36. The Morgan fingerprint density at radius 2 is 2.18 bits per heavy atom. The molecule has 2 rings (SSSR count). The third-order valence-electron chi connectivity index (χ3n) is 2.77. The summed E-state index contributed by atoms with van der Waals surface area (Å²) in [4.78, 5) is 0. The van der Waals surface area contributed by atoms with Crippen LogP contribution >= 0.6 is 0 Å². The van der Waals surface area contributed by atoms with Crippen LogP contribution in [0.5, 0.6) is 0 Å². The monoisotopic (exact) mass is 230 g/mol. The lowest BCUT2D eigenvalue weighted by atomic mass is 10.2. The molecule has 0 saturated carbocycles. The Labute approximate surface area is 101 Å². The molecule has 2 aromatic rings. The largest absolute Gasteiger partial charge is 0.325 e. The van der Waals surface area contributed by atoms with Gasteiger partial charge in [0.2, 0.25) is 0 Å². The third-order valence-corrected chi connectivity index (χ3v) is 2.77. The summed E-state index contributed by atoms with van der Waals surface area (Å²) in [7, 11) is 0. The second-order valence-corrected chi connectivity index (χ2v) is 4.19. The zero-order valence-electron chi connectivity index (χ0n) is 10.3. The predicted molar refractivity (Wildman–Crippen MR) is 68.0 cm³/mol. The van der Waals surface area contributed by atoms with Crippen LogP contribution in [0.15, 0.2) is 24.3 Å². The molecule has 1 aromatic heterocycles. The predicted octanol–water partition coefficient (Wildman–Crippen LogP) is 1.99. The number of aromatic nitrogens is 3. The highest BCUT2D eigenvalue weighted by atomic mass is 15.4. The molecule has 0 radical (unpaired) electrons. The smallest absolute Gasteiger partial charge is 0.0999 e. The topological polar surface area (TPSA) is 56.7 Å². The minimum absolute atomic E-state index is 0.446. The minimum atomic E-state index is 0.446. The van der Waals surface area contributed by atoms with Crippen LogP contribution in [0.4, 0.5) is 0 Å². The molecule has 0 bridgehead atoms. The van der Waals surface area contributed by atoms with E-state index in [9.17, 15) is 0 Å². The maximum atomic E-state index is 5.69. The number of nitrogens with two attached hydrogens (primary N) is 1. The second-order valence-electron chi connectivity index (χ2n) is 4.19. The van der Waals surface area contributed by atoms with Crippen molar-refractivity contribution in [2.45, 2.75) is 33.2 Å². The lowest BCUT2D eigenvalue weighted by Crippen LogP contribution is -2.06. The van der Waals surface area contributed by atoms with Gasteiger partial charge >= 0.3 is 0 Å². The van der Waals surface area contributed by atoms with Crippen molar-refractivity contribution in [1.82, 2.24) is 15.0 Å². The van der Waals surface area contributed by atoms with Crippen molar-refractivity contribution >= 4 is 0 Å². The first-order chi connectivity index (χ1) is 8.26. The van der Waals surface area contributed by atoms with E-state index in [2.05, 4.69) is 36.3 Å². The van der Waals surface area contributed by atoms with Gasteiger partial charge < -0.3 is 5.73 Å². The van der Waals surface area contributed by atoms with Crippen molar-refractivity contribution in [2.24, 2.45) is 5.73 Å². The minimum Gasteiger partial charge on any atom is -0.325 e. The van der Waals surface area contributed by atoms with Crippen molar-refractivity contribution in [2.75, 3.05) is 0 Å². The van der Waals surface area contributed by atoms with Crippen LogP contribution in [0.25, 0.3) is 5.69 Å². The highest BCUT2D eigenvalue weighted by molar-refractivity contribution is 5.36. The van der Waals surface area contributed by atoms with Gasteiger partial charge in [0.05, 0.1) is 17.1 Å². The van der Waals surface area contributed by atoms with Gasteiger partial charge in [0, 0.05) is 6.54 Å². The Balaban J connectivity index is 2.47. The molecule has 0 aliphatic heterocycles. The number of rotatable bonds is 4. The summed E-state index contributed by atoms with van der Waals surface area (Å²) in [5.41, 5.74) is 9.98. The molecule has 0 saturated heterocycles. The number of hydrogen-bond acceptors (Lipinski definition) is 3. The highest BCUT2D eigenvalue weighted by Gasteiger charge is 2.11. The molecule has 0 aliphatic rings. The van der Waals surface area contributed by atoms with E-state index in [0.717, 1.165) is 29.9 Å². The molecular weight excluding hydrogens is 212 g/mol. The summed E-state index contributed by atoms with van der Waals surface area (Å²) in [6.07, 6.45) is 2.01. The molecule has 0 spiro atoms. The number of hydrogen-bond donors (Lipinski definition) is 1. The van der Waals surface area contributed by atoms with Gasteiger partial charge in [0.1, 0.15) is 0 Å². The molecule has 2 N–H and O–H groups in total. The fraction of sp³-hybridized carbons (Fsp3) is 0.385. The van der Waals surface area contributed by atoms with Crippen LogP contribution in [-0.4, -0.2) is 15.0 Å². The molecule has 90 valence electrons. The number of nitrogens with zero attached hydrogens (tertiary/aromatic N) is 3. The summed E-state index contributed by atoms with van der Waals surface area (Å²) < 4.78 is 1.90. The molecule has 0 unspecified atom stereocenters. The zero-order valence-corrected chi connectivity index (χ0v) is 10.3. The lowest BCUT2D eigenvalue weighted by Gasteiger charge is -2.07. The van der Waals surface area contributed by atoms with E-state index in [1.54, 1.807) is 0 Å². The Morgan fingerprint density at radius 1 is 1.35 bits per heavy atom. The molecular formula is C13H18N4. The van der Waals surface area contributed by atoms with E-state index in [0.29, 0.717) is 6.54 Å². The zero-order chi connectivity index (χ0) is 12.3. The average Bonchev–Trinajstić information content (AvgIpc) is 2.72. The maximum absolute atomic E-state index is 5.69.